The van der Waals surface area contributed by atoms with E-state index in [4.69, 9.17) is 33.9 Å². The number of carbonyl (C=O) groups is 1. The Balaban J connectivity index is 2.29. The van der Waals surface area contributed by atoms with Crippen LogP contribution in [0.25, 0.3) is 0 Å². The minimum atomic E-state index is -3.99. The predicted octanol–water partition coefficient (Wildman–Crippen LogP) is 3.84. The number of hydrogen-bond acceptors (Lipinski definition) is 3. The number of amides is 1. The molecule has 0 heterocycles. The van der Waals surface area contributed by atoms with E-state index >= 15 is 0 Å². The van der Waals surface area contributed by atoms with Crippen LogP contribution >= 0.6 is 33.9 Å². The van der Waals surface area contributed by atoms with Crippen molar-refractivity contribution in [2.45, 2.75) is 37.1 Å². The Morgan fingerprint density at radius 1 is 1.33 bits per heavy atom. The zero-order valence-corrected chi connectivity index (χ0v) is 14.3. The fraction of sp³-hybridized carbons (Fsp3) is 0.462. The minimum absolute atomic E-state index is 0.00245. The largest absolute Gasteiger partial charge is 0.349 e. The van der Waals surface area contributed by atoms with Gasteiger partial charge in [0.25, 0.3) is 15.0 Å². The van der Waals surface area contributed by atoms with Crippen LogP contribution < -0.4 is 5.32 Å². The monoisotopic (exact) mass is 369 g/mol. The van der Waals surface area contributed by atoms with E-state index in [0.29, 0.717) is 5.92 Å². The first kappa shape index (κ1) is 16.9. The normalized spacial score (nSPS) is 17.1. The molecule has 1 aliphatic rings. The highest BCUT2D eigenvalue weighted by Crippen LogP contribution is 2.32. The highest BCUT2D eigenvalue weighted by Gasteiger charge is 2.27. The minimum Gasteiger partial charge on any atom is -0.349 e. The molecule has 1 amide bonds. The molecule has 1 aromatic rings. The molecule has 116 valence electrons. The summed E-state index contributed by atoms with van der Waals surface area (Å²) < 4.78 is 22.8. The number of hydrogen-bond donors (Lipinski definition) is 1. The second-order valence-electron chi connectivity index (χ2n) is 5.16. The van der Waals surface area contributed by atoms with E-state index in [1.807, 2.05) is 6.92 Å². The second kappa shape index (κ2) is 6.32. The predicted molar refractivity (Wildman–Crippen MR) is 83.8 cm³/mol. The zero-order valence-electron chi connectivity index (χ0n) is 11.2. The fourth-order valence-electron chi connectivity index (χ4n) is 2.21. The van der Waals surface area contributed by atoms with E-state index in [-0.39, 0.29) is 26.5 Å². The Kier molecular flexibility index (Phi) is 5.08. The van der Waals surface area contributed by atoms with Gasteiger partial charge in [0.15, 0.2) is 0 Å². The molecule has 1 fully saturated rings. The van der Waals surface area contributed by atoms with E-state index in [9.17, 15) is 13.2 Å². The number of carbonyl (C=O) groups excluding carboxylic acids is 1. The van der Waals surface area contributed by atoms with Crippen LogP contribution in [-0.2, 0) is 9.05 Å². The zero-order chi connectivity index (χ0) is 15.8. The lowest BCUT2D eigenvalue weighted by Gasteiger charge is -2.32. The molecule has 4 nitrogen and oxygen atoms in total. The number of nitrogens with one attached hydrogen (secondary N) is 1. The Labute approximate surface area is 138 Å². The van der Waals surface area contributed by atoms with Crippen LogP contribution in [0.4, 0.5) is 0 Å². The lowest BCUT2D eigenvalue weighted by molar-refractivity contribution is 0.0909. The lowest BCUT2D eigenvalue weighted by atomic mass is 9.80. The summed E-state index contributed by atoms with van der Waals surface area (Å²) in [5, 5.41) is 2.81. The van der Waals surface area contributed by atoms with Crippen molar-refractivity contribution in [2.24, 2.45) is 5.92 Å². The first-order chi connectivity index (χ1) is 9.70. The standard InChI is InChI=1S/C13H14Cl3NO3S/c1-7(8-3-2-4-8)17-13(18)10-5-9(21(16,19)20)6-11(14)12(10)15/h5-8H,2-4H2,1H3,(H,17,18). The molecule has 0 aromatic heterocycles. The first-order valence-corrected chi connectivity index (χ1v) is 9.51. The molecular weight excluding hydrogens is 357 g/mol. The van der Waals surface area contributed by atoms with Gasteiger partial charge in [-0.25, -0.2) is 8.42 Å². The average Bonchev–Trinajstić information content (AvgIpc) is 2.28. The smallest absolute Gasteiger partial charge is 0.261 e. The molecule has 8 heteroatoms. The fourth-order valence-corrected chi connectivity index (χ4v) is 3.48. The van der Waals surface area contributed by atoms with Crippen molar-refractivity contribution in [3.63, 3.8) is 0 Å². The average molecular weight is 371 g/mol. The molecule has 2 rings (SSSR count). The van der Waals surface area contributed by atoms with Crippen molar-refractivity contribution < 1.29 is 13.2 Å². The molecule has 0 bridgehead atoms. The summed E-state index contributed by atoms with van der Waals surface area (Å²) in [5.41, 5.74) is 0.00886. The molecule has 0 radical (unpaired) electrons. The quantitative estimate of drug-likeness (QED) is 0.819. The van der Waals surface area contributed by atoms with Crippen molar-refractivity contribution in [1.29, 1.82) is 0 Å². The number of benzene rings is 1. The van der Waals surface area contributed by atoms with Gasteiger partial charge in [0.1, 0.15) is 0 Å². The molecule has 0 saturated heterocycles. The molecule has 1 saturated carbocycles. The van der Waals surface area contributed by atoms with Gasteiger partial charge in [0, 0.05) is 16.7 Å². The highest BCUT2D eigenvalue weighted by molar-refractivity contribution is 8.13. The van der Waals surface area contributed by atoms with Gasteiger partial charge in [-0.05, 0) is 37.8 Å². The maximum atomic E-state index is 12.3. The Morgan fingerprint density at radius 2 is 1.95 bits per heavy atom. The van der Waals surface area contributed by atoms with Crippen LogP contribution in [0, 0.1) is 5.92 Å². The topological polar surface area (TPSA) is 63.2 Å². The molecule has 21 heavy (non-hydrogen) atoms. The summed E-state index contributed by atoms with van der Waals surface area (Å²) in [7, 11) is 1.30. The van der Waals surface area contributed by atoms with Crippen LogP contribution in [0.3, 0.4) is 0 Å². The van der Waals surface area contributed by atoms with Crippen LogP contribution in [0.5, 0.6) is 0 Å². The van der Waals surface area contributed by atoms with Crippen molar-refractivity contribution >= 4 is 48.8 Å². The van der Waals surface area contributed by atoms with Crippen LogP contribution in [0.1, 0.15) is 36.5 Å². The molecule has 1 unspecified atom stereocenters. The van der Waals surface area contributed by atoms with Gasteiger partial charge >= 0.3 is 0 Å². The van der Waals surface area contributed by atoms with Gasteiger partial charge in [0.2, 0.25) is 0 Å². The highest BCUT2D eigenvalue weighted by atomic mass is 35.7. The third-order valence-electron chi connectivity index (χ3n) is 3.74. The molecule has 1 aliphatic carbocycles. The summed E-state index contributed by atoms with van der Waals surface area (Å²) in [5.74, 6) is -0.00777. The van der Waals surface area contributed by atoms with E-state index in [2.05, 4.69) is 5.32 Å². The lowest BCUT2D eigenvalue weighted by Crippen LogP contribution is -2.40. The van der Waals surface area contributed by atoms with E-state index < -0.39 is 15.0 Å². The Bertz CT molecular complexity index is 671. The summed E-state index contributed by atoms with van der Waals surface area (Å²) in [6.07, 6.45) is 3.31. The van der Waals surface area contributed by atoms with Gasteiger partial charge in [0.05, 0.1) is 20.5 Å². The van der Waals surface area contributed by atoms with Crippen molar-refractivity contribution in [3.05, 3.63) is 27.7 Å². The Hall–Kier alpha value is -0.490. The van der Waals surface area contributed by atoms with Crippen molar-refractivity contribution in [3.8, 4) is 0 Å². The third-order valence-corrected chi connectivity index (χ3v) is 5.88. The van der Waals surface area contributed by atoms with Gasteiger partial charge in [-0.3, -0.25) is 4.79 Å². The van der Waals surface area contributed by atoms with Gasteiger partial charge in [-0.1, -0.05) is 29.6 Å². The maximum Gasteiger partial charge on any atom is 0.261 e. The number of rotatable bonds is 4. The molecule has 0 aliphatic heterocycles. The van der Waals surface area contributed by atoms with E-state index in [0.717, 1.165) is 31.4 Å². The van der Waals surface area contributed by atoms with Gasteiger partial charge in [-0.2, -0.15) is 0 Å². The molecule has 1 atom stereocenters. The first-order valence-electron chi connectivity index (χ1n) is 6.44. The van der Waals surface area contributed by atoms with Gasteiger partial charge < -0.3 is 5.32 Å². The van der Waals surface area contributed by atoms with Crippen molar-refractivity contribution in [1.82, 2.24) is 5.32 Å². The molecule has 1 N–H and O–H groups in total. The summed E-state index contributed by atoms with van der Waals surface area (Å²) in [6, 6.07) is 2.26. The van der Waals surface area contributed by atoms with Gasteiger partial charge in [-0.15, -0.1) is 0 Å². The maximum absolute atomic E-state index is 12.3. The summed E-state index contributed by atoms with van der Waals surface area (Å²) >= 11 is 11.9. The SMILES string of the molecule is CC(NC(=O)c1cc(S(=O)(=O)Cl)cc(Cl)c1Cl)C1CCC1. The molecular formula is C13H14Cl3NO3S. The van der Waals surface area contributed by atoms with Crippen molar-refractivity contribution in [2.75, 3.05) is 0 Å². The molecule has 1 aromatic carbocycles. The molecule has 0 spiro atoms. The third kappa shape index (κ3) is 3.83. The summed E-state index contributed by atoms with van der Waals surface area (Å²) in [4.78, 5) is 12.0. The summed E-state index contributed by atoms with van der Waals surface area (Å²) in [6.45, 7) is 1.92. The second-order valence-corrected chi connectivity index (χ2v) is 8.51. The Morgan fingerprint density at radius 3 is 2.43 bits per heavy atom. The van der Waals surface area contributed by atoms with Crippen LogP contribution in [0.15, 0.2) is 17.0 Å². The van der Waals surface area contributed by atoms with E-state index in [1.165, 1.54) is 0 Å². The van der Waals surface area contributed by atoms with E-state index in [1.54, 1.807) is 0 Å². The van der Waals surface area contributed by atoms with Crippen LogP contribution in [-0.4, -0.2) is 20.4 Å². The number of halogens is 3. The van der Waals surface area contributed by atoms with Crippen LogP contribution in [0.2, 0.25) is 10.0 Å².